The molecule has 0 aliphatic carbocycles. The summed E-state index contributed by atoms with van der Waals surface area (Å²) in [7, 11) is 5.36. The standard InChI is InChI=1S/C5H11NO/c1-5(7-4)6(2)3/h1H2,2-4H3. The van der Waals surface area contributed by atoms with Gasteiger partial charge in [-0.15, -0.1) is 0 Å². The first-order valence-corrected chi connectivity index (χ1v) is 2.08. The minimum absolute atomic E-state index is 0.681. The highest BCUT2D eigenvalue weighted by atomic mass is 16.5. The Bertz CT molecular complexity index is 68.5. The SMILES string of the molecule is C=C(OC)N(C)C. The largest absolute Gasteiger partial charge is 0.483 e. The average molecular weight is 101 g/mol. The number of rotatable bonds is 2. The highest BCUT2D eigenvalue weighted by Gasteiger charge is 1.87. The molecule has 0 fully saturated rings. The molecule has 0 aliphatic rings. The quantitative estimate of drug-likeness (QED) is 0.474. The fourth-order valence-corrected chi connectivity index (χ4v) is 0.183. The van der Waals surface area contributed by atoms with Gasteiger partial charge in [0.25, 0.3) is 0 Å². The third-order valence-electron chi connectivity index (χ3n) is 0.734. The first-order valence-electron chi connectivity index (χ1n) is 2.08. The van der Waals surface area contributed by atoms with Crippen LogP contribution in [0.2, 0.25) is 0 Å². The number of nitrogens with zero attached hydrogens (tertiary/aromatic N) is 1. The molecule has 0 amide bonds. The van der Waals surface area contributed by atoms with Gasteiger partial charge >= 0.3 is 0 Å². The van der Waals surface area contributed by atoms with Crippen molar-refractivity contribution in [3.8, 4) is 0 Å². The van der Waals surface area contributed by atoms with Crippen molar-refractivity contribution in [1.82, 2.24) is 4.90 Å². The second kappa shape index (κ2) is 2.50. The summed E-state index contributed by atoms with van der Waals surface area (Å²) in [5, 5.41) is 0. The molecule has 7 heavy (non-hydrogen) atoms. The molecular weight excluding hydrogens is 90.1 g/mol. The van der Waals surface area contributed by atoms with Gasteiger partial charge in [-0.25, -0.2) is 0 Å². The van der Waals surface area contributed by atoms with E-state index in [1.807, 2.05) is 14.1 Å². The fraction of sp³-hybridized carbons (Fsp3) is 0.600. The van der Waals surface area contributed by atoms with E-state index in [1.54, 1.807) is 12.0 Å². The molecule has 0 saturated carbocycles. The Labute approximate surface area is 44.4 Å². The van der Waals surface area contributed by atoms with E-state index in [0.29, 0.717) is 5.88 Å². The van der Waals surface area contributed by atoms with Crippen LogP contribution >= 0.6 is 0 Å². The lowest BCUT2D eigenvalue weighted by Crippen LogP contribution is -2.10. The summed E-state index contributed by atoms with van der Waals surface area (Å²) >= 11 is 0. The first kappa shape index (κ1) is 6.34. The molecule has 0 aliphatic heterocycles. The molecule has 0 aromatic carbocycles. The van der Waals surface area contributed by atoms with Crippen LogP contribution < -0.4 is 0 Å². The first-order chi connectivity index (χ1) is 3.18. The summed E-state index contributed by atoms with van der Waals surface area (Å²) in [6.45, 7) is 3.58. The molecule has 2 nitrogen and oxygen atoms in total. The van der Waals surface area contributed by atoms with Crippen LogP contribution in [0.1, 0.15) is 0 Å². The van der Waals surface area contributed by atoms with Crippen molar-refractivity contribution in [3.05, 3.63) is 12.5 Å². The summed E-state index contributed by atoms with van der Waals surface area (Å²) in [5.74, 6) is 0.681. The van der Waals surface area contributed by atoms with Gasteiger partial charge in [0.1, 0.15) is 0 Å². The Balaban J connectivity index is 3.35. The third-order valence-corrected chi connectivity index (χ3v) is 0.734. The van der Waals surface area contributed by atoms with Crippen molar-refractivity contribution in [2.24, 2.45) is 0 Å². The van der Waals surface area contributed by atoms with Crippen LogP contribution in [0.15, 0.2) is 12.5 Å². The highest BCUT2D eigenvalue weighted by Crippen LogP contribution is 1.90. The Hall–Kier alpha value is -0.660. The maximum absolute atomic E-state index is 4.74. The molecule has 0 spiro atoms. The Morgan fingerprint density at radius 3 is 2.00 bits per heavy atom. The molecule has 0 radical (unpaired) electrons. The van der Waals surface area contributed by atoms with Crippen LogP contribution in [0.3, 0.4) is 0 Å². The zero-order valence-corrected chi connectivity index (χ0v) is 5.06. The van der Waals surface area contributed by atoms with Crippen molar-refractivity contribution in [3.63, 3.8) is 0 Å². The van der Waals surface area contributed by atoms with E-state index in [2.05, 4.69) is 6.58 Å². The van der Waals surface area contributed by atoms with Crippen LogP contribution in [-0.2, 0) is 4.74 Å². The van der Waals surface area contributed by atoms with Gasteiger partial charge in [-0.2, -0.15) is 0 Å². The smallest absolute Gasteiger partial charge is 0.180 e. The number of ether oxygens (including phenoxy) is 1. The van der Waals surface area contributed by atoms with Crippen molar-refractivity contribution >= 4 is 0 Å². The lowest BCUT2D eigenvalue weighted by Gasteiger charge is -2.12. The van der Waals surface area contributed by atoms with Gasteiger partial charge in [-0.1, -0.05) is 0 Å². The number of hydrogen-bond acceptors (Lipinski definition) is 2. The second-order valence-corrected chi connectivity index (χ2v) is 1.49. The second-order valence-electron chi connectivity index (χ2n) is 1.49. The molecule has 2 heteroatoms. The predicted molar refractivity (Wildman–Crippen MR) is 29.8 cm³/mol. The van der Waals surface area contributed by atoms with Gasteiger partial charge in [0.15, 0.2) is 5.88 Å². The van der Waals surface area contributed by atoms with E-state index in [-0.39, 0.29) is 0 Å². The molecule has 0 bridgehead atoms. The van der Waals surface area contributed by atoms with Crippen LogP contribution in [0.25, 0.3) is 0 Å². The maximum atomic E-state index is 4.74. The van der Waals surface area contributed by atoms with E-state index in [4.69, 9.17) is 4.74 Å². The lowest BCUT2D eigenvalue weighted by molar-refractivity contribution is 0.196. The van der Waals surface area contributed by atoms with E-state index < -0.39 is 0 Å². The molecule has 42 valence electrons. The Kier molecular flexibility index (Phi) is 2.27. The van der Waals surface area contributed by atoms with Crippen molar-refractivity contribution in [2.45, 2.75) is 0 Å². The predicted octanol–water partition coefficient (Wildman–Crippen LogP) is 0.666. The van der Waals surface area contributed by atoms with Gasteiger partial charge in [0.05, 0.1) is 7.11 Å². The number of methoxy groups -OCH3 is 1. The van der Waals surface area contributed by atoms with Crippen LogP contribution in [0, 0.1) is 0 Å². The highest BCUT2D eigenvalue weighted by molar-refractivity contribution is 4.76. The fourth-order valence-electron chi connectivity index (χ4n) is 0.183. The van der Waals surface area contributed by atoms with Crippen LogP contribution in [0.5, 0.6) is 0 Å². The summed E-state index contributed by atoms with van der Waals surface area (Å²) in [4.78, 5) is 1.81. The topological polar surface area (TPSA) is 12.5 Å². The normalized spacial score (nSPS) is 7.86. The lowest BCUT2D eigenvalue weighted by atomic mass is 10.8. The Morgan fingerprint density at radius 1 is 1.57 bits per heavy atom. The van der Waals surface area contributed by atoms with Gasteiger partial charge in [0.2, 0.25) is 0 Å². The summed E-state index contributed by atoms with van der Waals surface area (Å²) in [6, 6.07) is 0. The van der Waals surface area contributed by atoms with Gasteiger partial charge in [0, 0.05) is 14.1 Å². The molecule has 0 unspecified atom stereocenters. The molecule has 0 heterocycles. The summed E-state index contributed by atoms with van der Waals surface area (Å²) < 4.78 is 4.74. The van der Waals surface area contributed by atoms with Gasteiger partial charge < -0.3 is 9.64 Å². The maximum Gasteiger partial charge on any atom is 0.180 e. The number of hydrogen-bond donors (Lipinski definition) is 0. The molecule has 0 saturated heterocycles. The molecule has 0 aromatic heterocycles. The summed E-state index contributed by atoms with van der Waals surface area (Å²) in [6.07, 6.45) is 0. The van der Waals surface area contributed by atoms with E-state index in [1.165, 1.54) is 0 Å². The minimum Gasteiger partial charge on any atom is -0.483 e. The van der Waals surface area contributed by atoms with Crippen molar-refractivity contribution in [1.29, 1.82) is 0 Å². The van der Waals surface area contributed by atoms with E-state index >= 15 is 0 Å². The monoisotopic (exact) mass is 101 g/mol. The average Bonchev–Trinajstić information content (AvgIpc) is 1.65. The van der Waals surface area contributed by atoms with Crippen molar-refractivity contribution in [2.75, 3.05) is 21.2 Å². The molecule has 0 rings (SSSR count). The van der Waals surface area contributed by atoms with E-state index in [9.17, 15) is 0 Å². The van der Waals surface area contributed by atoms with E-state index in [0.717, 1.165) is 0 Å². The minimum atomic E-state index is 0.681. The molecular formula is C5H11NO. The zero-order chi connectivity index (χ0) is 5.86. The summed E-state index contributed by atoms with van der Waals surface area (Å²) in [5.41, 5.74) is 0. The Morgan fingerprint density at radius 2 is 2.00 bits per heavy atom. The molecule has 0 N–H and O–H groups in total. The van der Waals surface area contributed by atoms with Crippen LogP contribution in [-0.4, -0.2) is 26.1 Å². The van der Waals surface area contributed by atoms with Crippen LogP contribution in [0.4, 0.5) is 0 Å². The zero-order valence-electron chi connectivity index (χ0n) is 5.06. The molecule has 0 aromatic rings. The molecule has 0 atom stereocenters. The third kappa shape index (κ3) is 2.09. The van der Waals surface area contributed by atoms with Crippen molar-refractivity contribution < 1.29 is 4.74 Å². The van der Waals surface area contributed by atoms with Gasteiger partial charge in [-0.05, 0) is 6.58 Å². The van der Waals surface area contributed by atoms with Gasteiger partial charge in [-0.3, -0.25) is 0 Å².